The van der Waals surface area contributed by atoms with Gasteiger partial charge in [-0.25, -0.2) is 9.97 Å². The molecule has 104 valence electrons. The highest BCUT2D eigenvalue weighted by Gasteiger charge is 2.17. The molecule has 0 aliphatic heterocycles. The van der Waals surface area contributed by atoms with E-state index >= 15 is 0 Å². The molecule has 1 aromatic heterocycles. The van der Waals surface area contributed by atoms with Gasteiger partial charge in [0.2, 0.25) is 0 Å². The van der Waals surface area contributed by atoms with Crippen molar-refractivity contribution in [2.75, 3.05) is 26.9 Å². The van der Waals surface area contributed by atoms with Crippen LogP contribution in [0.4, 0.5) is 0 Å². The Balaban J connectivity index is 1.92. The molecule has 0 fully saturated rings. The summed E-state index contributed by atoms with van der Waals surface area (Å²) in [5.74, 6) is 0.932. The predicted molar refractivity (Wildman–Crippen MR) is 70.3 cm³/mol. The Kier molecular flexibility index (Phi) is 5.42. The largest absolute Gasteiger partial charge is 0.382 e. The summed E-state index contributed by atoms with van der Waals surface area (Å²) in [5.41, 5.74) is 1.62. The molecule has 1 aliphatic carbocycles. The van der Waals surface area contributed by atoms with Crippen LogP contribution < -0.4 is 0 Å². The maximum absolute atomic E-state index is 11.8. The lowest BCUT2D eigenvalue weighted by Crippen LogP contribution is -2.10. The van der Waals surface area contributed by atoms with Crippen LogP contribution in [0, 0.1) is 0 Å². The van der Waals surface area contributed by atoms with Crippen LogP contribution in [0.2, 0.25) is 0 Å². The van der Waals surface area contributed by atoms with Gasteiger partial charge in [0, 0.05) is 26.1 Å². The fraction of sp³-hybridized carbons (Fsp3) is 0.643. The van der Waals surface area contributed by atoms with Crippen molar-refractivity contribution < 1.29 is 14.3 Å². The fourth-order valence-corrected chi connectivity index (χ4v) is 2.12. The average Bonchev–Trinajstić information content (AvgIpc) is 2.60. The number of hydrogen-bond acceptors (Lipinski definition) is 5. The number of carbonyl (C=O) groups is 1. The van der Waals surface area contributed by atoms with Crippen molar-refractivity contribution in [3.05, 3.63) is 23.3 Å². The second-order valence-corrected chi connectivity index (χ2v) is 4.63. The summed E-state index contributed by atoms with van der Waals surface area (Å²) in [7, 11) is 1.65. The van der Waals surface area contributed by atoms with Crippen LogP contribution in [0.5, 0.6) is 0 Å². The molecule has 0 radical (unpaired) electrons. The number of hydrogen-bond donors (Lipinski definition) is 0. The molecule has 0 bridgehead atoms. The molecule has 0 aromatic carbocycles. The summed E-state index contributed by atoms with van der Waals surface area (Å²) < 4.78 is 10.3. The highest BCUT2D eigenvalue weighted by molar-refractivity contribution is 5.97. The molecule has 1 aliphatic rings. The second-order valence-electron chi connectivity index (χ2n) is 4.63. The first-order valence-electron chi connectivity index (χ1n) is 6.76. The van der Waals surface area contributed by atoms with Crippen molar-refractivity contribution in [3.63, 3.8) is 0 Å². The van der Waals surface area contributed by atoms with Gasteiger partial charge in [-0.05, 0) is 19.3 Å². The summed E-state index contributed by atoms with van der Waals surface area (Å²) in [6.07, 6.45) is 5.83. The lowest BCUT2D eigenvalue weighted by molar-refractivity contribution is 0.0716. The van der Waals surface area contributed by atoms with E-state index in [2.05, 4.69) is 9.97 Å². The van der Waals surface area contributed by atoms with Gasteiger partial charge < -0.3 is 9.47 Å². The number of ether oxygens (including phenoxy) is 2. The van der Waals surface area contributed by atoms with Gasteiger partial charge in [-0.1, -0.05) is 0 Å². The minimum absolute atomic E-state index is 0.176. The molecule has 0 spiro atoms. The SMILES string of the molecule is COCCOCCc1ncc2c(n1)CCCCC2=O. The number of aryl methyl sites for hydroxylation is 1. The van der Waals surface area contributed by atoms with Gasteiger partial charge in [0.05, 0.1) is 31.1 Å². The fourth-order valence-electron chi connectivity index (χ4n) is 2.12. The van der Waals surface area contributed by atoms with E-state index in [4.69, 9.17) is 9.47 Å². The summed E-state index contributed by atoms with van der Waals surface area (Å²) in [4.78, 5) is 20.6. The van der Waals surface area contributed by atoms with Crippen LogP contribution in [-0.2, 0) is 22.3 Å². The number of rotatable bonds is 6. The van der Waals surface area contributed by atoms with E-state index in [0.29, 0.717) is 38.2 Å². The molecule has 5 nitrogen and oxygen atoms in total. The molecular formula is C14H20N2O3. The molecule has 1 heterocycles. The molecule has 0 atom stereocenters. The van der Waals surface area contributed by atoms with E-state index < -0.39 is 0 Å². The van der Waals surface area contributed by atoms with E-state index in [1.807, 2.05) is 0 Å². The monoisotopic (exact) mass is 264 g/mol. The molecule has 2 rings (SSSR count). The lowest BCUT2D eigenvalue weighted by atomic mass is 10.1. The molecule has 0 amide bonds. The van der Waals surface area contributed by atoms with Crippen LogP contribution in [0.1, 0.15) is 41.1 Å². The van der Waals surface area contributed by atoms with Crippen LogP contribution in [0.3, 0.4) is 0 Å². The summed E-state index contributed by atoms with van der Waals surface area (Å²) >= 11 is 0. The average molecular weight is 264 g/mol. The van der Waals surface area contributed by atoms with Gasteiger partial charge in [0.25, 0.3) is 0 Å². The van der Waals surface area contributed by atoms with E-state index in [-0.39, 0.29) is 5.78 Å². The van der Waals surface area contributed by atoms with Crippen molar-refractivity contribution in [1.29, 1.82) is 0 Å². The van der Waals surface area contributed by atoms with Crippen LogP contribution in [-0.4, -0.2) is 42.7 Å². The number of ketones is 1. The van der Waals surface area contributed by atoms with E-state index in [1.165, 1.54) is 0 Å². The molecule has 0 saturated carbocycles. The van der Waals surface area contributed by atoms with Gasteiger partial charge in [-0.3, -0.25) is 4.79 Å². The van der Waals surface area contributed by atoms with Gasteiger partial charge >= 0.3 is 0 Å². The Bertz CT molecular complexity index is 435. The van der Waals surface area contributed by atoms with Gasteiger partial charge in [0.15, 0.2) is 5.78 Å². The molecule has 0 N–H and O–H groups in total. The van der Waals surface area contributed by atoms with E-state index in [1.54, 1.807) is 13.3 Å². The zero-order valence-electron chi connectivity index (χ0n) is 11.4. The van der Waals surface area contributed by atoms with Gasteiger partial charge in [0.1, 0.15) is 5.82 Å². The minimum Gasteiger partial charge on any atom is -0.382 e. The summed E-state index contributed by atoms with van der Waals surface area (Å²) in [6.45, 7) is 1.76. The molecule has 0 saturated heterocycles. The van der Waals surface area contributed by atoms with Crippen LogP contribution >= 0.6 is 0 Å². The predicted octanol–water partition coefficient (Wildman–Crippen LogP) is 1.59. The quantitative estimate of drug-likeness (QED) is 0.577. The first-order chi connectivity index (χ1) is 9.31. The van der Waals surface area contributed by atoms with Crippen molar-refractivity contribution in [3.8, 4) is 0 Å². The Labute approximate surface area is 113 Å². The second kappa shape index (κ2) is 7.31. The first kappa shape index (κ1) is 14.1. The Morgan fingerprint density at radius 3 is 2.89 bits per heavy atom. The third kappa shape index (κ3) is 4.08. The Morgan fingerprint density at radius 2 is 2.05 bits per heavy atom. The van der Waals surface area contributed by atoms with E-state index in [9.17, 15) is 4.79 Å². The minimum atomic E-state index is 0.176. The number of methoxy groups -OCH3 is 1. The number of nitrogens with zero attached hydrogens (tertiary/aromatic N) is 2. The van der Waals surface area contributed by atoms with Gasteiger partial charge in [-0.15, -0.1) is 0 Å². The Hall–Kier alpha value is -1.33. The lowest BCUT2D eigenvalue weighted by Gasteiger charge is -2.06. The van der Waals surface area contributed by atoms with Gasteiger partial charge in [-0.2, -0.15) is 0 Å². The number of fused-ring (bicyclic) bond motifs is 1. The Morgan fingerprint density at radius 1 is 1.21 bits per heavy atom. The highest BCUT2D eigenvalue weighted by Crippen LogP contribution is 2.18. The molecular weight excluding hydrogens is 244 g/mol. The van der Waals surface area contributed by atoms with Crippen molar-refractivity contribution >= 4 is 5.78 Å². The zero-order chi connectivity index (χ0) is 13.5. The van der Waals surface area contributed by atoms with Crippen molar-refractivity contribution in [2.45, 2.75) is 32.1 Å². The number of aromatic nitrogens is 2. The molecule has 0 unspecified atom stereocenters. The highest BCUT2D eigenvalue weighted by atomic mass is 16.5. The zero-order valence-corrected chi connectivity index (χ0v) is 11.4. The normalized spacial score (nSPS) is 15.1. The van der Waals surface area contributed by atoms with Crippen LogP contribution in [0.25, 0.3) is 0 Å². The summed E-state index contributed by atoms with van der Waals surface area (Å²) in [6, 6.07) is 0. The van der Waals surface area contributed by atoms with E-state index in [0.717, 1.165) is 30.8 Å². The number of Topliss-reactive ketones (excluding diaryl/α,β-unsaturated/α-hetero) is 1. The summed E-state index contributed by atoms with van der Waals surface area (Å²) in [5, 5.41) is 0. The third-order valence-corrected chi connectivity index (χ3v) is 3.19. The smallest absolute Gasteiger partial charge is 0.166 e. The standard InChI is InChI=1S/C14H20N2O3/c1-18-8-9-19-7-6-14-15-10-11-12(16-14)4-2-3-5-13(11)17/h10H,2-9H2,1H3. The molecule has 5 heteroatoms. The number of carbonyl (C=O) groups excluding carboxylic acids is 1. The maximum atomic E-state index is 11.8. The molecule has 1 aromatic rings. The van der Waals surface area contributed by atoms with Crippen molar-refractivity contribution in [1.82, 2.24) is 9.97 Å². The molecule has 19 heavy (non-hydrogen) atoms. The van der Waals surface area contributed by atoms with Crippen LogP contribution in [0.15, 0.2) is 6.20 Å². The first-order valence-corrected chi connectivity index (χ1v) is 6.76. The van der Waals surface area contributed by atoms with Crippen molar-refractivity contribution in [2.24, 2.45) is 0 Å². The third-order valence-electron chi connectivity index (χ3n) is 3.19. The topological polar surface area (TPSA) is 61.3 Å². The maximum Gasteiger partial charge on any atom is 0.166 e.